The molecule has 0 atom stereocenters. The summed E-state index contributed by atoms with van der Waals surface area (Å²) in [6.45, 7) is 3.20. The van der Waals surface area contributed by atoms with Crippen molar-refractivity contribution >= 4 is 21.6 Å². The van der Waals surface area contributed by atoms with Crippen LogP contribution in [0.5, 0.6) is 0 Å². The van der Waals surface area contributed by atoms with E-state index in [0.717, 1.165) is 35.2 Å². The van der Waals surface area contributed by atoms with Gasteiger partial charge < -0.3 is 4.90 Å². The molecule has 0 aliphatic carbocycles. The molecule has 1 fully saturated rings. The van der Waals surface area contributed by atoms with E-state index in [-0.39, 0.29) is 22.9 Å². The fourth-order valence-corrected chi connectivity index (χ4v) is 6.40. The van der Waals surface area contributed by atoms with Crippen molar-refractivity contribution in [2.75, 3.05) is 24.5 Å². The van der Waals surface area contributed by atoms with Gasteiger partial charge in [0, 0.05) is 37.0 Å². The molecule has 9 heteroatoms. The van der Waals surface area contributed by atoms with Crippen molar-refractivity contribution in [2.45, 2.75) is 37.6 Å². The van der Waals surface area contributed by atoms with Crippen LogP contribution in [0.3, 0.4) is 0 Å². The van der Waals surface area contributed by atoms with Crippen molar-refractivity contribution in [1.29, 1.82) is 0 Å². The van der Waals surface area contributed by atoms with E-state index in [1.807, 2.05) is 24.3 Å². The van der Waals surface area contributed by atoms with Gasteiger partial charge in [-0.05, 0) is 55.5 Å². The number of carbonyl (C=O) groups is 1. The maximum absolute atomic E-state index is 13.2. The Balaban J connectivity index is 1.44. The molecule has 0 bridgehead atoms. The molecule has 5 rings (SSSR count). The second-order valence-electron chi connectivity index (χ2n) is 8.73. The number of amides is 1. The molecule has 1 saturated heterocycles. The van der Waals surface area contributed by atoms with Crippen molar-refractivity contribution < 1.29 is 13.2 Å². The highest BCUT2D eigenvalue weighted by atomic mass is 32.2. The average molecular weight is 479 g/mol. The second kappa shape index (κ2) is 8.81. The minimum Gasteiger partial charge on any atom is -0.310 e. The van der Waals surface area contributed by atoms with Crippen molar-refractivity contribution in [3.8, 4) is 11.3 Å². The molecule has 0 radical (unpaired) electrons. The van der Waals surface area contributed by atoms with E-state index in [9.17, 15) is 18.0 Å². The fourth-order valence-electron chi connectivity index (χ4n) is 4.63. The number of para-hydroxylation sites is 1. The number of rotatable bonds is 5. The van der Waals surface area contributed by atoms with Gasteiger partial charge in [-0.1, -0.05) is 30.3 Å². The molecule has 2 aliphatic heterocycles. The van der Waals surface area contributed by atoms with Crippen LogP contribution in [0, 0.1) is 6.92 Å². The molecule has 3 heterocycles. The number of aromatic nitrogens is 2. The normalized spacial score (nSPS) is 16.1. The highest BCUT2D eigenvalue weighted by molar-refractivity contribution is 7.89. The number of aryl methyl sites for hydroxylation is 1. The summed E-state index contributed by atoms with van der Waals surface area (Å²) in [5.74, 6) is -0.210. The zero-order chi connectivity index (χ0) is 23.9. The number of carbonyl (C=O) groups excluding carboxylic acids is 1. The molecule has 2 aromatic carbocycles. The Kier molecular flexibility index (Phi) is 5.83. The predicted molar refractivity (Wildman–Crippen MR) is 129 cm³/mol. The summed E-state index contributed by atoms with van der Waals surface area (Å²) in [7, 11) is -3.60. The van der Waals surface area contributed by atoms with Crippen molar-refractivity contribution in [1.82, 2.24) is 14.1 Å². The first kappa shape index (κ1) is 22.5. The number of nitrogens with zero attached hydrogens (tertiary/aromatic N) is 4. The Morgan fingerprint density at radius 1 is 1.00 bits per heavy atom. The third kappa shape index (κ3) is 4.05. The van der Waals surface area contributed by atoms with Crippen LogP contribution >= 0.6 is 0 Å². The monoisotopic (exact) mass is 478 g/mol. The third-order valence-corrected chi connectivity index (χ3v) is 8.55. The lowest BCUT2D eigenvalue weighted by Crippen LogP contribution is -2.36. The highest BCUT2D eigenvalue weighted by Crippen LogP contribution is 2.29. The van der Waals surface area contributed by atoms with Crippen LogP contribution in [0.4, 0.5) is 5.69 Å². The molecule has 176 valence electrons. The number of hydrogen-bond donors (Lipinski definition) is 0. The Labute approximate surface area is 198 Å². The highest BCUT2D eigenvalue weighted by Gasteiger charge is 2.29. The van der Waals surface area contributed by atoms with Gasteiger partial charge in [0.15, 0.2) is 0 Å². The van der Waals surface area contributed by atoms with Crippen molar-refractivity contribution in [2.24, 2.45) is 0 Å². The number of sulfonamides is 1. The summed E-state index contributed by atoms with van der Waals surface area (Å²) in [6, 6.07) is 15.8. The van der Waals surface area contributed by atoms with E-state index in [1.165, 1.54) is 10.4 Å². The van der Waals surface area contributed by atoms with Crippen LogP contribution < -0.4 is 10.5 Å². The standard InChI is InChI=1S/C25H26N4O4S/c1-18-8-9-20(16-23(18)34(32,33)27-13-4-5-14-27)21-10-11-24(30)29(26-21)17-25(31)28-15-12-19-6-2-3-7-22(19)28/h2-3,6-11,16H,4-5,12-15,17H2,1H3. The summed E-state index contributed by atoms with van der Waals surface area (Å²) in [4.78, 5) is 27.4. The van der Waals surface area contributed by atoms with Gasteiger partial charge in [0.2, 0.25) is 15.9 Å². The van der Waals surface area contributed by atoms with Gasteiger partial charge in [-0.25, -0.2) is 13.1 Å². The van der Waals surface area contributed by atoms with Crippen molar-refractivity contribution in [3.05, 3.63) is 76.1 Å². The van der Waals surface area contributed by atoms with Gasteiger partial charge >= 0.3 is 0 Å². The molecule has 1 amide bonds. The molecule has 1 aromatic heterocycles. The summed E-state index contributed by atoms with van der Waals surface area (Å²) in [5, 5.41) is 4.41. The van der Waals surface area contributed by atoms with Gasteiger partial charge in [0.05, 0.1) is 10.6 Å². The first-order valence-electron chi connectivity index (χ1n) is 11.4. The summed E-state index contributed by atoms with van der Waals surface area (Å²) < 4.78 is 29.0. The Morgan fingerprint density at radius 2 is 1.76 bits per heavy atom. The van der Waals surface area contributed by atoms with Gasteiger partial charge in [-0.15, -0.1) is 0 Å². The van der Waals surface area contributed by atoms with Crippen LogP contribution in [-0.2, 0) is 27.8 Å². The first-order chi connectivity index (χ1) is 16.3. The van der Waals surface area contributed by atoms with Crippen LogP contribution in [-0.4, -0.2) is 48.0 Å². The molecule has 0 N–H and O–H groups in total. The average Bonchev–Trinajstić information content (AvgIpc) is 3.51. The Morgan fingerprint density at radius 3 is 2.56 bits per heavy atom. The zero-order valence-corrected chi connectivity index (χ0v) is 19.8. The van der Waals surface area contributed by atoms with E-state index < -0.39 is 10.0 Å². The topological polar surface area (TPSA) is 92.6 Å². The molecule has 3 aromatic rings. The van der Waals surface area contributed by atoms with Gasteiger partial charge in [-0.2, -0.15) is 9.40 Å². The summed E-state index contributed by atoms with van der Waals surface area (Å²) in [5.41, 5.74) is 3.26. The first-order valence-corrected chi connectivity index (χ1v) is 12.9. The molecule has 2 aliphatic rings. The number of fused-ring (bicyclic) bond motifs is 1. The molecule has 0 saturated carbocycles. The molecule has 8 nitrogen and oxygen atoms in total. The van der Waals surface area contributed by atoms with Gasteiger partial charge in [0.25, 0.3) is 5.56 Å². The van der Waals surface area contributed by atoms with Crippen LogP contribution in [0.1, 0.15) is 24.0 Å². The Bertz CT molecular complexity index is 1420. The SMILES string of the molecule is Cc1ccc(-c2ccc(=O)n(CC(=O)N3CCc4ccccc43)n2)cc1S(=O)(=O)N1CCCC1. The lowest BCUT2D eigenvalue weighted by molar-refractivity contribution is -0.119. The maximum Gasteiger partial charge on any atom is 0.267 e. The van der Waals surface area contributed by atoms with Gasteiger partial charge in [-0.3, -0.25) is 9.59 Å². The summed E-state index contributed by atoms with van der Waals surface area (Å²) >= 11 is 0. The molecule has 0 spiro atoms. The van der Waals surface area contributed by atoms with E-state index in [4.69, 9.17) is 0 Å². The molecular formula is C25H26N4O4S. The fraction of sp³-hybridized carbons (Fsp3) is 0.320. The largest absolute Gasteiger partial charge is 0.310 e. The molecule has 0 unspecified atom stereocenters. The van der Waals surface area contributed by atoms with E-state index in [1.54, 1.807) is 36.1 Å². The van der Waals surface area contributed by atoms with E-state index >= 15 is 0 Å². The zero-order valence-electron chi connectivity index (χ0n) is 19.0. The van der Waals surface area contributed by atoms with Crippen molar-refractivity contribution in [3.63, 3.8) is 0 Å². The maximum atomic E-state index is 13.2. The minimum atomic E-state index is -3.60. The minimum absolute atomic E-state index is 0.189. The van der Waals surface area contributed by atoms with Crippen LogP contribution in [0.2, 0.25) is 0 Å². The van der Waals surface area contributed by atoms with E-state index in [2.05, 4.69) is 5.10 Å². The lowest BCUT2D eigenvalue weighted by atomic mass is 10.1. The van der Waals surface area contributed by atoms with Gasteiger partial charge in [0.1, 0.15) is 6.54 Å². The number of anilines is 1. The number of hydrogen-bond acceptors (Lipinski definition) is 5. The smallest absolute Gasteiger partial charge is 0.267 e. The molecular weight excluding hydrogens is 452 g/mol. The van der Waals surface area contributed by atoms with Crippen LogP contribution in [0.15, 0.2) is 64.3 Å². The quantitative estimate of drug-likeness (QED) is 0.562. The summed E-state index contributed by atoms with van der Waals surface area (Å²) in [6.07, 6.45) is 2.50. The third-order valence-electron chi connectivity index (χ3n) is 6.51. The number of benzene rings is 2. The molecule has 34 heavy (non-hydrogen) atoms. The van der Waals surface area contributed by atoms with E-state index in [0.29, 0.717) is 36.5 Å². The van der Waals surface area contributed by atoms with Crippen LogP contribution in [0.25, 0.3) is 11.3 Å². The predicted octanol–water partition coefficient (Wildman–Crippen LogP) is 2.59. The lowest BCUT2D eigenvalue weighted by Gasteiger charge is -2.18. The second-order valence-corrected chi connectivity index (χ2v) is 10.6. The Hall–Kier alpha value is -3.30.